The zero-order chi connectivity index (χ0) is 22.9. The highest BCUT2D eigenvalue weighted by Crippen LogP contribution is 2.34. The van der Waals surface area contributed by atoms with Gasteiger partial charge < -0.3 is 35.0 Å². The number of amides is 2. The third-order valence-electron chi connectivity index (χ3n) is 4.92. The third kappa shape index (κ3) is 6.44. The van der Waals surface area contributed by atoms with Crippen LogP contribution in [0.25, 0.3) is 0 Å². The second kappa shape index (κ2) is 12.7. The van der Waals surface area contributed by atoms with Crippen LogP contribution in [0.2, 0.25) is 0 Å². The first-order valence-electron chi connectivity index (χ1n) is 9.77. The standard InChI is InChI=1S/C17H32ClN3O9/c1-3-4-6-17(27)14(24)12(23)11(22)13(30-17)15(25)20(8-5-10-29-2)16(26)21(19-28)9-7-18/h11-15,22-25,27H,3-10H2,1-2H3/t11-,12-,13-,14+,15?,17+/m0/s1. The van der Waals surface area contributed by atoms with E-state index >= 15 is 0 Å². The highest BCUT2D eigenvalue weighted by molar-refractivity contribution is 6.18. The fourth-order valence-corrected chi connectivity index (χ4v) is 3.35. The van der Waals surface area contributed by atoms with Crippen molar-refractivity contribution < 1.29 is 39.8 Å². The molecule has 1 saturated heterocycles. The normalized spacial score (nSPS) is 30.0. The van der Waals surface area contributed by atoms with Crippen LogP contribution in [0.5, 0.6) is 0 Å². The number of hydrogen-bond donors (Lipinski definition) is 5. The van der Waals surface area contributed by atoms with Crippen molar-refractivity contribution in [2.24, 2.45) is 5.29 Å². The summed E-state index contributed by atoms with van der Waals surface area (Å²) in [6.45, 7) is 1.70. The molecule has 1 rings (SSSR count). The van der Waals surface area contributed by atoms with Crippen molar-refractivity contribution in [2.45, 2.75) is 69.0 Å². The quantitative estimate of drug-likeness (QED) is 0.0838. The number of carbonyl (C=O) groups excluding carboxylic acids is 1. The van der Waals surface area contributed by atoms with Gasteiger partial charge in [-0.25, -0.2) is 4.79 Å². The molecule has 2 amide bonds. The molecule has 1 aliphatic rings. The van der Waals surface area contributed by atoms with Crippen LogP contribution >= 0.6 is 11.6 Å². The largest absolute Gasteiger partial charge is 0.387 e. The average molecular weight is 458 g/mol. The van der Waals surface area contributed by atoms with Crippen LogP contribution in [0.4, 0.5) is 4.79 Å². The van der Waals surface area contributed by atoms with Gasteiger partial charge in [0.15, 0.2) is 12.0 Å². The van der Waals surface area contributed by atoms with Crippen LogP contribution in [-0.4, -0.2) is 111 Å². The number of nitroso groups, excluding NO2 is 1. The van der Waals surface area contributed by atoms with Gasteiger partial charge in [-0.2, -0.15) is 5.01 Å². The van der Waals surface area contributed by atoms with Gasteiger partial charge in [-0.05, 0) is 12.8 Å². The number of aliphatic hydroxyl groups excluding tert-OH is 4. The molecule has 0 aliphatic carbocycles. The third-order valence-corrected chi connectivity index (χ3v) is 5.09. The van der Waals surface area contributed by atoms with Crippen LogP contribution in [0.3, 0.4) is 0 Å². The zero-order valence-electron chi connectivity index (χ0n) is 17.1. The summed E-state index contributed by atoms with van der Waals surface area (Å²) in [7, 11) is 1.44. The molecular formula is C17H32ClN3O9. The first-order valence-corrected chi connectivity index (χ1v) is 10.3. The SMILES string of the molecule is CCCC[C@@]1(O)O[C@H](C(O)N(CCCOC)C(=O)N(CCCl)N=O)[C@@H](O)[C@H](O)[C@H]1O. The Bertz CT molecular complexity index is 547. The number of ether oxygens (including phenoxy) is 2. The molecule has 0 aromatic rings. The molecule has 0 bridgehead atoms. The molecule has 12 nitrogen and oxygen atoms in total. The molecule has 5 N–H and O–H groups in total. The summed E-state index contributed by atoms with van der Waals surface area (Å²) >= 11 is 5.57. The van der Waals surface area contributed by atoms with E-state index in [0.717, 1.165) is 4.90 Å². The van der Waals surface area contributed by atoms with E-state index < -0.39 is 42.5 Å². The van der Waals surface area contributed by atoms with E-state index in [-0.39, 0.29) is 38.4 Å². The minimum absolute atomic E-state index is 0.0798. The summed E-state index contributed by atoms with van der Waals surface area (Å²) in [5, 5.41) is 55.3. The predicted octanol–water partition coefficient (Wildman–Crippen LogP) is -0.654. The number of carbonyl (C=O) groups is 1. The summed E-state index contributed by atoms with van der Waals surface area (Å²) in [5.41, 5.74) is 0. The maximum Gasteiger partial charge on any atom is 0.345 e. The summed E-state index contributed by atoms with van der Waals surface area (Å²) in [6, 6.07) is -1.01. The Kier molecular flexibility index (Phi) is 11.4. The van der Waals surface area contributed by atoms with E-state index in [9.17, 15) is 35.2 Å². The minimum Gasteiger partial charge on any atom is -0.387 e. The smallest absolute Gasteiger partial charge is 0.345 e. The molecule has 30 heavy (non-hydrogen) atoms. The molecule has 1 fully saturated rings. The number of rotatable bonds is 12. The van der Waals surface area contributed by atoms with Gasteiger partial charge in [-0.3, -0.25) is 4.90 Å². The summed E-state index contributed by atoms with van der Waals surface area (Å²) in [6.07, 6.45) is -7.84. The molecule has 1 aliphatic heterocycles. The van der Waals surface area contributed by atoms with Gasteiger partial charge in [0.25, 0.3) is 0 Å². The fourth-order valence-electron chi connectivity index (χ4n) is 3.19. The monoisotopic (exact) mass is 457 g/mol. The van der Waals surface area contributed by atoms with Crippen LogP contribution in [0.1, 0.15) is 32.6 Å². The molecule has 0 aromatic carbocycles. The van der Waals surface area contributed by atoms with Crippen LogP contribution < -0.4 is 0 Å². The van der Waals surface area contributed by atoms with E-state index in [1.54, 1.807) is 0 Å². The molecule has 0 spiro atoms. The number of urea groups is 1. The van der Waals surface area contributed by atoms with E-state index in [4.69, 9.17) is 21.1 Å². The lowest BCUT2D eigenvalue weighted by molar-refractivity contribution is -0.365. The molecule has 1 unspecified atom stereocenters. The first-order chi connectivity index (χ1) is 14.2. The Labute approximate surface area is 179 Å². The Hall–Kier alpha value is -1.12. The summed E-state index contributed by atoms with van der Waals surface area (Å²) in [5.74, 6) is -2.34. The first kappa shape index (κ1) is 26.9. The number of unbranched alkanes of at least 4 members (excludes halogenated alkanes) is 1. The van der Waals surface area contributed by atoms with Crippen molar-refractivity contribution in [2.75, 3.05) is 32.7 Å². The zero-order valence-corrected chi connectivity index (χ0v) is 17.9. The highest BCUT2D eigenvalue weighted by atomic mass is 35.5. The second-order valence-corrected chi connectivity index (χ2v) is 7.46. The van der Waals surface area contributed by atoms with Gasteiger partial charge in [-0.15, -0.1) is 16.5 Å². The van der Waals surface area contributed by atoms with Gasteiger partial charge in [0.2, 0.25) is 0 Å². The van der Waals surface area contributed by atoms with Crippen molar-refractivity contribution >= 4 is 17.6 Å². The maximum atomic E-state index is 12.7. The van der Waals surface area contributed by atoms with Gasteiger partial charge in [-0.1, -0.05) is 13.3 Å². The number of alkyl halides is 1. The van der Waals surface area contributed by atoms with Gasteiger partial charge in [0, 0.05) is 32.6 Å². The number of nitrogens with zero attached hydrogens (tertiary/aromatic N) is 3. The lowest BCUT2D eigenvalue weighted by atomic mass is 9.88. The molecular weight excluding hydrogens is 426 g/mol. The van der Waals surface area contributed by atoms with Crippen molar-refractivity contribution in [3.63, 3.8) is 0 Å². The molecule has 0 saturated carbocycles. The molecule has 176 valence electrons. The highest BCUT2D eigenvalue weighted by Gasteiger charge is 2.55. The Morgan fingerprint density at radius 3 is 2.47 bits per heavy atom. The number of hydrogen-bond acceptors (Lipinski definition) is 10. The second-order valence-electron chi connectivity index (χ2n) is 7.09. The van der Waals surface area contributed by atoms with Crippen LogP contribution in [-0.2, 0) is 9.47 Å². The maximum absolute atomic E-state index is 12.7. The lowest BCUT2D eigenvalue weighted by Gasteiger charge is -2.48. The number of halogens is 1. The van der Waals surface area contributed by atoms with E-state index in [2.05, 4.69) is 5.29 Å². The average Bonchev–Trinajstić information content (AvgIpc) is 2.74. The Morgan fingerprint density at radius 1 is 1.27 bits per heavy atom. The molecule has 6 atom stereocenters. The molecule has 0 radical (unpaired) electrons. The van der Waals surface area contributed by atoms with Gasteiger partial charge >= 0.3 is 6.03 Å². The predicted molar refractivity (Wildman–Crippen MR) is 105 cm³/mol. The summed E-state index contributed by atoms with van der Waals surface area (Å²) < 4.78 is 10.3. The number of aliphatic hydroxyl groups is 5. The van der Waals surface area contributed by atoms with E-state index in [0.29, 0.717) is 17.9 Å². The molecule has 13 heteroatoms. The topological polar surface area (TPSA) is 173 Å². The van der Waals surface area contributed by atoms with Crippen molar-refractivity contribution in [1.29, 1.82) is 0 Å². The summed E-state index contributed by atoms with van der Waals surface area (Å²) in [4.78, 5) is 24.5. The van der Waals surface area contributed by atoms with Crippen LogP contribution in [0, 0.1) is 4.91 Å². The fraction of sp³-hybridized carbons (Fsp3) is 0.941. The van der Waals surface area contributed by atoms with E-state index in [1.807, 2.05) is 6.92 Å². The van der Waals surface area contributed by atoms with Gasteiger partial charge in [0.1, 0.15) is 24.4 Å². The molecule has 0 aromatic heterocycles. The van der Waals surface area contributed by atoms with Gasteiger partial charge in [0.05, 0.1) is 11.8 Å². The lowest BCUT2D eigenvalue weighted by Crippen LogP contribution is -2.69. The molecule has 1 heterocycles. The van der Waals surface area contributed by atoms with Crippen molar-refractivity contribution in [3.05, 3.63) is 4.91 Å². The van der Waals surface area contributed by atoms with Crippen molar-refractivity contribution in [3.8, 4) is 0 Å². The van der Waals surface area contributed by atoms with E-state index in [1.165, 1.54) is 7.11 Å². The Balaban J connectivity index is 3.15. The number of methoxy groups -OCH3 is 1. The van der Waals surface area contributed by atoms with Crippen LogP contribution in [0.15, 0.2) is 5.29 Å². The minimum atomic E-state index is -2.25. The van der Waals surface area contributed by atoms with Crippen molar-refractivity contribution in [1.82, 2.24) is 9.91 Å². The Morgan fingerprint density at radius 2 is 1.93 bits per heavy atom.